The molecule has 2 aliphatic rings. The molecule has 2 aliphatic heterocycles. The number of hydrogen-bond donors (Lipinski definition) is 1. The summed E-state index contributed by atoms with van der Waals surface area (Å²) in [7, 11) is 0. The van der Waals surface area contributed by atoms with Crippen LogP contribution >= 0.6 is 0 Å². The van der Waals surface area contributed by atoms with E-state index in [-0.39, 0.29) is 12.1 Å². The molecule has 0 saturated carbocycles. The smallest absolute Gasteiger partial charge is 0.256 e. The highest BCUT2D eigenvalue weighted by Crippen LogP contribution is 2.24. The maximum Gasteiger partial charge on any atom is 0.256 e. The first-order valence-electron chi connectivity index (χ1n) is 12.3. The number of β-amino-alcohol motifs (C(OH)–C–C–N with tert-alkyl or cyclic N) is 1. The Bertz CT molecular complexity index is 1000. The molecule has 3 heterocycles. The van der Waals surface area contributed by atoms with Gasteiger partial charge in [0.05, 0.1) is 36.4 Å². The lowest BCUT2D eigenvalue weighted by Gasteiger charge is -2.34. The number of rotatable bonds is 7. The molecule has 2 saturated heterocycles. The van der Waals surface area contributed by atoms with Crippen LogP contribution in [0.15, 0.2) is 30.6 Å². The first kappa shape index (κ1) is 25.4. The number of alkyl halides is 1. The number of halogens is 2. The summed E-state index contributed by atoms with van der Waals surface area (Å²) in [6.45, 7) is 6.63. The average molecular weight is 489 g/mol. The third-order valence-corrected chi connectivity index (χ3v) is 6.58. The first-order chi connectivity index (χ1) is 16.7. The number of nitrogens with zero attached hydrogens (tertiary/aromatic N) is 4. The highest BCUT2D eigenvalue weighted by Gasteiger charge is 2.26. The number of piperidine rings is 2. The Morgan fingerprint density at radius 3 is 2.57 bits per heavy atom. The summed E-state index contributed by atoms with van der Waals surface area (Å²) in [6, 6.07) is 4.38. The second kappa shape index (κ2) is 11.0. The summed E-state index contributed by atoms with van der Waals surface area (Å²) in [5.74, 6) is -0.258. The molecule has 9 heteroatoms. The second-order valence-corrected chi connectivity index (χ2v) is 10.2. The quantitative estimate of drug-likeness (QED) is 0.640. The number of carbonyl (C=O) groups excluding carboxylic acids is 1. The Morgan fingerprint density at radius 2 is 1.94 bits per heavy atom. The molecule has 1 atom stereocenters. The van der Waals surface area contributed by atoms with Gasteiger partial charge < -0.3 is 19.6 Å². The van der Waals surface area contributed by atoms with Gasteiger partial charge in [-0.05, 0) is 70.7 Å². The molecule has 0 unspecified atom stereocenters. The van der Waals surface area contributed by atoms with Gasteiger partial charge in [0.25, 0.3) is 5.91 Å². The lowest BCUT2D eigenvalue weighted by Crippen LogP contribution is -2.42. The minimum absolute atomic E-state index is 0.0168. The van der Waals surface area contributed by atoms with Gasteiger partial charge in [0.1, 0.15) is 11.5 Å². The molecule has 2 aromatic rings. The average Bonchev–Trinajstić information content (AvgIpc) is 2.82. The van der Waals surface area contributed by atoms with Crippen molar-refractivity contribution < 1.29 is 23.4 Å². The predicted octanol–water partition coefficient (Wildman–Crippen LogP) is 3.72. The molecule has 0 aliphatic carbocycles. The molecule has 35 heavy (non-hydrogen) atoms. The van der Waals surface area contributed by atoms with Crippen LogP contribution in [0.3, 0.4) is 0 Å². The minimum Gasteiger partial charge on any atom is -0.476 e. The SMILES string of the molecule is CC(C)(F)CN1CCC(COc2cnc(-c3ccc(C(=O)N4CCC[C@@H](O)C4)c(F)c3)cn2)CC1. The van der Waals surface area contributed by atoms with Gasteiger partial charge in [-0.3, -0.25) is 4.79 Å². The molecule has 0 bridgehead atoms. The van der Waals surface area contributed by atoms with Gasteiger partial charge in [0.15, 0.2) is 0 Å². The summed E-state index contributed by atoms with van der Waals surface area (Å²) in [4.78, 5) is 24.9. The van der Waals surface area contributed by atoms with Gasteiger partial charge in [-0.25, -0.2) is 18.7 Å². The first-order valence-corrected chi connectivity index (χ1v) is 12.3. The fourth-order valence-electron chi connectivity index (χ4n) is 4.74. The van der Waals surface area contributed by atoms with Gasteiger partial charge in [-0.15, -0.1) is 0 Å². The molecule has 1 aromatic heterocycles. The topological polar surface area (TPSA) is 78.8 Å². The van der Waals surface area contributed by atoms with E-state index in [1.54, 1.807) is 19.9 Å². The van der Waals surface area contributed by atoms with Crippen LogP contribution in [-0.4, -0.2) is 81.9 Å². The van der Waals surface area contributed by atoms with Crippen molar-refractivity contribution in [2.24, 2.45) is 5.92 Å². The van der Waals surface area contributed by atoms with E-state index in [4.69, 9.17) is 4.74 Å². The Hall–Kier alpha value is -2.65. The molecule has 0 radical (unpaired) electrons. The van der Waals surface area contributed by atoms with Gasteiger partial charge >= 0.3 is 0 Å². The monoisotopic (exact) mass is 488 g/mol. The summed E-state index contributed by atoms with van der Waals surface area (Å²) in [6.07, 6.45) is 5.73. The third-order valence-electron chi connectivity index (χ3n) is 6.58. The zero-order valence-corrected chi connectivity index (χ0v) is 20.4. The van der Waals surface area contributed by atoms with Gasteiger partial charge in [-0.2, -0.15) is 0 Å². The molecule has 1 N–H and O–H groups in total. The summed E-state index contributed by atoms with van der Waals surface area (Å²) >= 11 is 0. The van der Waals surface area contributed by atoms with Crippen LogP contribution in [0.2, 0.25) is 0 Å². The third kappa shape index (κ3) is 6.95. The molecular weight excluding hydrogens is 454 g/mol. The Kier molecular flexibility index (Phi) is 7.96. The number of aliphatic hydroxyl groups excluding tert-OH is 1. The van der Waals surface area contributed by atoms with Crippen LogP contribution in [0.4, 0.5) is 8.78 Å². The van der Waals surface area contributed by atoms with Crippen LogP contribution in [0.5, 0.6) is 5.88 Å². The van der Waals surface area contributed by atoms with Crippen LogP contribution in [-0.2, 0) is 0 Å². The minimum atomic E-state index is -1.18. The number of benzene rings is 1. The molecule has 4 rings (SSSR count). The van der Waals surface area contributed by atoms with E-state index in [0.717, 1.165) is 25.9 Å². The van der Waals surface area contributed by atoms with Crippen LogP contribution < -0.4 is 4.74 Å². The lowest BCUT2D eigenvalue weighted by atomic mass is 9.97. The van der Waals surface area contributed by atoms with E-state index in [1.807, 2.05) is 0 Å². The van der Waals surface area contributed by atoms with Gasteiger partial charge in [-0.1, -0.05) is 6.07 Å². The second-order valence-electron chi connectivity index (χ2n) is 10.2. The van der Waals surface area contributed by atoms with E-state index in [1.165, 1.54) is 29.4 Å². The van der Waals surface area contributed by atoms with Gasteiger partial charge in [0.2, 0.25) is 5.88 Å². The van der Waals surface area contributed by atoms with Crippen LogP contribution in [0.25, 0.3) is 11.3 Å². The number of aromatic nitrogens is 2. The number of amides is 1. The fourth-order valence-corrected chi connectivity index (χ4v) is 4.74. The predicted molar refractivity (Wildman–Crippen MR) is 128 cm³/mol. The maximum atomic E-state index is 14.8. The van der Waals surface area contributed by atoms with Crippen molar-refractivity contribution in [1.82, 2.24) is 19.8 Å². The number of carbonyl (C=O) groups is 1. The number of hydrogen-bond acceptors (Lipinski definition) is 6. The highest BCUT2D eigenvalue weighted by atomic mass is 19.1. The Labute approximate surface area is 205 Å². The molecule has 1 amide bonds. The van der Waals surface area contributed by atoms with E-state index < -0.39 is 23.5 Å². The van der Waals surface area contributed by atoms with Crippen molar-refractivity contribution in [3.63, 3.8) is 0 Å². The van der Waals surface area contributed by atoms with E-state index in [9.17, 15) is 18.7 Å². The van der Waals surface area contributed by atoms with Crippen molar-refractivity contribution in [2.75, 3.05) is 39.3 Å². The molecule has 190 valence electrons. The normalized spacial score (nSPS) is 20.1. The summed E-state index contributed by atoms with van der Waals surface area (Å²) < 4.78 is 34.4. The van der Waals surface area contributed by atoms with Crippen molar-refractivity contribution in [1.29, 1.82) is 0 Å². The van der Waals surface area contributed by atoms with Crippen molar-refractivity contribution in [3.8, 4) is 17.1 Å². The van der Waals surface area contributed by atoms with Crippen LogP contribution in [0.1, 0.15) is 49.9 Å². The summed E-state index contributed by atoms with van der Waals surface area (Å²) in [5, 5.41) is 9.79. The van der Waals surface area contributed by atoms with E-state index in [0.29, 0.717) is 55.6 Å². The fraction of sp³-hybridized carbons (Fsp3) is 0.577. The maximum absolute atomic E-state index is 14.8. The lowest BCUT2D eigenvalue weighted by molar-refractivity contribution is 0.0470. The Morgan fingerprint density at radius 1 is 1.17 bits per heavy atom. The zero-order valence-electron chi connectivity index (χ0n) is 20.4. The zero-order chi connectivity index (χ0) is 25.0. The van der Waals surface area contributed by atoms with Crippen LogP contribution in [0, 0.1) is 11.7 Å². The number of likely N-dealkylation sites (tertiary alicyclic amines) is 2. The number of aliphatic hydroxyl groups is 1. The summed E-state index contributed by atoms with van der Waals surface area (Å²) in [5.41, 5.74) is -0.210. The highest BCUT2D eigenvalue weighted by molar-refractivity contribution is 5.95. The molecule has 2 fully saturated rings. The molecule has 7 nitrogen and oxygen atoms in total. The van der Waals surface area contributed by atoms with Crippen molar-refractivity contribution >= 4 is 5.91 Å². The van der Waals surface area contributed by atoms with E-state index >= 15 is 0 Å². The molecular formula is C26H34F2N4O3. The van der Waals surface area contributed by atoms with Gasteiger partial charge in [0, 0.05) is 25.2 Å². The van der Waals surface area contributed by atoms with Crippen molar-refractivity contribution in [3.05, 3.63) is 42.0 Å². The largest absolute Gasteiger partial charge is 0.476 e. The molecule has 0 spiro atoms. The number of ether oxygens (including phenoxy) is 1. The van der Waals surface area contributed by atoms with E-state index in [2.05, 4.69) is 14.9 Å². The Balaban J connectivity index is 1.30. The van der Waals surface area contributed by atoms with Crippen molar-refractivity contribution in [2.45, 2.75) is 51.3 Å². The standard InChI is InChI=1S/C26H34F2N4O3/c1-26(2,28)17-31-10-7-18(8-11-31)16-35-24-14-29-23(13-30-24)19-5-6-21(22(27)12-19)25(34)32-9-3-4-20(33)15-32/h5-6,12-14,18,20,33H,3-4,7-11,15-17H2,1-2H3/t20-/m1/s1. The molecule has 1 aromatic carbocycles.